The maximum absolute atomic E-state index is 12.3. The van der Waals surface area contributed by atoms with Gasteiger partial charge in [0.25, 0.3) is 0 Å². The third-order valence-electron chi connectivity index (χ3n) is 8.48. The van der Waals surface area contributed by atoms with Crippen LogP contribution in [0, 0.1) is 0 Å². The van der Waals surface area contributed by atoms with Crippen molar-refractivity contribution < 1.29 is 24.2 Å². The number of hydrogen-bond acceptors (Lipinski definition) is 9. The molecule has 2 aliphatic heterocycles. The van der Waals surface area contributed by atoms with Crippen LogP contribution in [0.2, 0.25) is 0 Å². The molecule has 0 saturated carbocycles. The van der Waals surface area contributed by atoms with Crippen LogP contribution in [0.4, 0.5) is 5.95 Å². The van der Waals surface area contributed by atoms with Crippen LogP contribution in [-0.2, 0) is 32.2 Å². The van der Waals surface area contributed by atoms with E-state index in [9.17, 15) is 14.7 Å². The molecule has 3 aromatic rings. The van der Waals surface area contributed by atoms with Crippen LogP contribution in [0.15, 0.2) is 67.0 Å². The first-order chi connectivity index (χ1) is 22.5. The van der Waals surface area contributed by atoms with E-state index >= 15 is 0 Å². The Balaban J connectivity index is 1.15. The second kappa shape index (κ2) is 17.1. The van der Waals surface area contributed by atoms with Crippen LogP contribution < -0.4 is 15.5 Å². The number of amides is 2. The van der Waals surface area contributed by atoms with Crippen molar-refractivity contribution in [3.8, 4) is 0 Å². The van der Waals surface area contributed by atoms with E-state index in [0.29, 0.717) is 19.5 Å². The molecule has 0 spiro atoms. The summed E-state index contributed by atoms with van der Waals surface area (Å²) >= 11 is 0. The van der Waals surface area contributed by atoms with E-state index in [4.69, 9.17) is 9.47 Å². The monoisotopic (exact) mass is 630 g/mol. The molecule has 246 valence electrons. The molecular formula is C35H46N6O5. The van der Waals surface area contributed by atoms with Crippen LogP contribution >= 0.6 is 0 Å². The van der Waals surface area contributed by atoms with Gasteiger partial charge in [-0.15, -0.1) is 0 Å². The third-order valence-corrected chi connectivity index (χ3v) is 8.48. The molecule has 5 rings (SSSR count). The topological polar surface area (TPSA) is 129 Å². The number of nitrogens with zero attached hydrogens (tertiary/aromatic N) is 4. The van der Waals surface area contributed by atoms with Gasteiger partial charge in [-0.3, -0.25) is 14.5 Å². The summed E-state index contributed by atoms with van der Waals surface area (Å²) in [7, 11) is 0. The van der Waals surface area contributed by atoms with Crippen LogP contribution in [0.5, 0.6) is 0 Å². The van der Waals surface area contributed by atoms with E-state index in [0.717, 1.165) is 86.6 Å². The van der Waals surface area contributed by atoms with Crippen molar-refractivity contribution in [3.05, 3.63) is 89.2 Å². The lowest BCUT2D eigenvalue weighted by atomic mass is 9.99. The molecule has 11 heteroatoms. The number of carbonyl (C=O) groups excluding carboxylic acids is 2. The summed E-state index contributed by atoms with van der Waals surface area (Å²) in [5.41, 5.74) is 3.87. The average molecular weight is 631 g/mol. The maximum atomic E-state index is 12.3. The number of ether oxygens (including phenoxy) is 2. The lowest BCUT2D eigenvalue weighted by Gasteiger charge is -2.40. The van der Waals surface area contributed by atoms with E-state index < -0.39 is 6.29 Å². The Kier molecular flexibility index (Phi) is 12.5. The fourth-order valence-electron chi connectivity index (χ4n) is 5.84. The van der Waals surface area contributed by atoms with Crippen LogP contribution in [0.1, 0.15) is 73.7 Å². The number of unbranched alkanes of at least 4 members (excludes halogenated alkanes) is 2. The van der Waals surface area contributed by atoms with Gasteiger partial charge in [0.1, 0.15) is 0 Å². The SMILES string of the molecule is CC(=O)NCCCCCC(=O)NCc1ccc([C@@H]2O[C@H](CN3CCN(c4ncccn4)CC3)C[C@H](c3ccc(CO)cc3)O2)cc1. The summed E-state index contributed by atoms with van der Waals surface area (Å²) in [6.45, 7) is 6.94. The number of nitrogens with one attached hydrogen (secondary N) is 2. The highest BCUT2D eigenvalue weighted by atomic mass is 16.7. The van der Waals surface area contributed by atoms with Gasteiger partial charge in [-0.25, -0.2) is 9.97 Å². The number of piperazine rings is 1. The molecular weight excluding hydrogens is 584 g/mol. The van der Waals surface area contributed by atoms with Gasteiger partial charge in [0.2, 0.25) is 17.8 Å². The quantitative estimate of drug-likeness (QED) is 0.229. The number of aromatic nitrogens is 2. The molecule has 2 aliphatic rings. The predicted molar refractivity (Wildman–Crippen MR) is 175 cm³/mol. The predicted octanol–water partition coefficient (Wildman–Crippen LogP) is 3.65. The summed E-state index contributed by atoms with van der Waals surface area (Å²) in [6, 6.07) is 17.8. The molecule has 2 fully saturated rings. The lowest BCUT2D eigenvalue weighted by Crippen LogP contribution is -2.50. The molecule has 2 aromatic carbocycles. The third kappa shape index (κ3) is 10.1. The Bertz CT molecular complexity index is 1370. The zero-order chi connectivity index (χ0) is 32.1. The van der Waals surface area contributed by atoms with Crippen LogP contribution in [-0.4, -0.2) is 77.2 Å². The van der Waals surface area contributed by atoms with Gasteiger partial charge in [-0.2, -0.15) is 0 Å². The maximum Gasteiger partial charge on any atom is 0.225 e. The Morgan fingerprint density at radius 2 is 1.57 bits per heavy atom. The van der Waals surface area contributed by atoms with Crippen molar-refractivity contribution in [3.63, 3.8) is 0 Å². The highest BCUT2D eigenvalue weighted by molar-refractivity contribution is 5.75. The number of aliphatic hydroxyl groups excluding tert-OH is 1. The smallest absolute Gasteiger partial charge is 0.225 e. The summed E-state index contributed by atoms with van der Waals surface area (Å²) in [5, 5.41) is 15.3. The first kappa shape index (κ1) is 33.5. The van der Waals surface area contributed by atoms with E-state index in [1.165, 1.54) is 6.92 Å². The Hall–Kier alpha value is -3.90. The largest absolute Gasteiger partial charge is 0.392 e. The number of carbonyl (C=O) groups is 2. The normalized spacial score (nSPS) is 20.3. The molecule has 11 nitrogen and oxygen atoms in total. The summed E-state index contributed by atoms with van der Waals surface area (Å²) in [5.74, 6) is 0.773. The van der Waals surface area contributed by atoms with Gasteiger partial charge in [-0.1, -0.05) is 55.0 Å². The van der Waals surface area contributed by atoms with Crippen molar-refractivity contribution in [2.75, 3.05) is 44.2 Å². The minimum Gasteiger partial charge on any atom is -0.392 e. The second-order valence-electron chi connectivity index (χ2n) is 12.0. The second-order valence-corrected chi connectivity index (χ2v) is 12.0. The van der Waals surface area contributed by atoms with Crippen molar-refractivity contribution in [2.24, 2.45) is 0 Å². The summed E-state index contributed by atoms with van der Waals surface area (Å²) in [6.07, 6.45) is 6.62. The van der Waals surface area contributed by atoms with Crippen LogP contribution in [0.3, 0.4) is 0 Å². The van der Waals surface area contributed by atoms with Gasteiger partial charge in [-0.05, 0) is 35.6 Å². The minimum absolute atomic E-state index is 0.00685. The summed E-state index contributed by atoms with van der Waals surface area (Å²) < 4.78 is 13.1. The number of anilines is 1. The van der Waals surface area contributed by atoms with E-state index in [-0.39, 0.29) is 30.6 Å². The first-order valence-electron chi connectivity index (χ1n) is 16.3. The van der Waals surface area contributed by atoms with Gasteiger partial charge in [0.15, 0.2) is 6.29 Å². The molecule has 0 unspecified atom stereocenters. The van der Waals surface area contributed by atoms with E-state index in [1.54, 1.807) is 12.4 Å². The standard InChI is InChI=1S/C35H46N6O5/c1-26(43)36-15-4-2-3-6-33(44)39-23-27-7-13-30(14-8-27)34-45-31(22-32(46-34)29-11-9-28(25-42)10-12-29)24-40-18-20-41(21-19-40)35-37-16-5-17-38-35/h5,7-14,16-17,31-32,34,42H,2-4,6,15,18-25H2,1H3,(H,36,43)(H,39,44)/t31-,32+,34+/m0/s1. The Morgan fingerprint density at radius 1 is 0.870 bits per heavy atom. The molecule has 2 saturated heterocycles. The first-order valence-corrected chi connectivity index (χ1v) is 16.3. The fourth-order valence-corrected chi connectivity index (χ4v) is 5.84. The molecule has 0 aliphatic carbocycles. The van der Waals surface area contributed by atoms with Crippen molar-refractivity contribution in [1.29, 1.82) is 0 Å². The van der Waals surface area contributed by atoms with Gasteiger partial charge in [0.05, 0.1) is 18.8 Å². The molecule has 3 N–H and O–H groups in total. The van der Waals surface area contributed by atoms with E-state index in [1.807, 2.05) is 54.6 Å². The highest BCUT2D eigenvalue weighted by Crippen LogP contribution is 2.38. The zero-order valence-corrected chi connectivity index (χ0v) is 26.6. The number of hydrogen-bond donors (Lipinski definition) is 3. The summed E-state index contributed by atoms with van der Waals surface area (Å²) in [4.78, 5) is 36.7. The van der Waals surface area contributed by atoms with Crippen molar-refractivity contribution in [2.45, 2.75) is 70.7 Å². The van der Waals surface area contributed by atoms with Crippen LogP contribution in [0.25, 0.3) is 0 Å². The fraction of sp³-hybridized carbons (Fsp3) is 0.486. The van der Waals surface area contributed by atoms with Gasteiger partial charge in [0, 0.05) is 83.5 Å². The average Bonchev–Trinajstić information content (AvgIpc) is 3.09. The number of aliphatic hydroxyl groups is 1. The molecule has 0 radical (unpaired) electrons. The molecule has 0 bridgehead atoms. The van der Waals surface area contributed by atoms with Crippen molar-refractivity contribution in [1.82, 2.24) is 25.5 Å². The highest BCUT2D eigenvalue weighted by Gasteiger charge is 2.34. The van der Waals surface area contributed by atoms with Gasteiger partial charge < -0.3 is 30.1 Å². The van der Waals surface area contributed by atoms with E-state index in [2.05, 4.69) is 30.4 Å². The molecule has 1 aromatic heterocycles. The molecule has 3 heterocycles. The Labute approximate surface area is 271 Å². The molecule has 3 atom stereocenters. The molecule has 46 heavy (non-hydrogen) atoms. The number of benzene rings is 2. The van der Waals surface area contributed by atoms with Gasteiger partial charge >= 0.3 is 0 Å². The Morgan fingerprint density at radius 3 is 2.26 bits per heavy atom. The molecule has 2 amide bonds. The lowest BCUT2D eigenvalue weighted by molar-refractivity contribution is -0.253. The zero-order valence-electron chi connectivity index (χ0n) is 26.6. The number of rotatable bonds is 14. The minimum atomic E-state index is -0.526. The van der Waals surface area contributed by atoms with Crippen molar-refractivity contribution >= 4 is 17.8 Å².